The first-order chi connectivity index (χ1) is 15.2. The highest BCUT2D eigenvalue weighted by Crippen LogP contribution is 2.36. The third-order valence-electron chi connectivity index (χ3n) is 4.90. The molecule has 31 heavy (non-hydrogen) atoms. The average molecular weight is 437 g/mol. The summed E-state index contributed by atoms with van der Waals surface area (Å²) in [7, 11) is 0. The molecule has 4 aromatic rings. The van der Waals surface area contributed by atoms with Gasteiger partial charge in [0.15, 0.2) is 22.6 Å². The Bertz CT molecular complexity index is 1200. The number of tetrazole rings is 1. The zero-order chi connectivity index (χ0) is 21.2. The zero-order valence-corrected chi connectivity index (χ0v) is 17.6. The third kappa shape index (κ3) is 4.08. The summed E-state index contributed by atoms with van der Waals surface area (Å²) in [6, 6.07) is 11.6. The van der Waals surface area contributed by atoms with Crippen LogP contribution in [0, 0.1) is 0 Å². The highest BCUT2D eigenvalue weighted by atomic mass is 32.2. The number of amides is 1. The van der Waals surface area contributed by atoms with Gasteiger partial charge in [-0.2, -0.15) is 0 Å². The molecule has 158 valence electrons. The van der Waals surface area contributed by atoms with Gasteiger partial charge in [0.05, 0.1) is 18.1 Å². The summed E-state index contributed by atoms with van der Waals surface area (Å²) >= 11 is 1.33. The van der Waals surface area contributed by atoms with E-state index in [4.69, 9.17) is 4.42 Å². The number of nitrogens with one attached hydrogen (secondary N) is 1. The second-order valence-corrected chi connectivity index (χ2v) is 8.07. The van der Waals surface area contributed by atoms with Crippen LogP contribution in [0.25, 0.3) is 23.0 Å². The van der Waals surface area contributed by atoms with Gasteiger partial charge in [0.2, 0.25) is 5.91 Å². The molecule has 0 radical (unpaired) electrons. The van der Waals surface area contributed by atoms with Crippen LogP contribution in [-0.4, -0.2) is 46.6 Å². The highest BCUT2D eigenvalue weighted by Gasteiger charge is 2.28. The lowest BCUT2D eigenvalue weighted by molar-refractivity contribution is -0.113. The maximum absolute atomic E-state index is 12.6. The fourth-order valence-corrected chi connectivity index (χ4v) is 4.08. The molecule has 0 aliphatic heterocycles. The lowest BCUT2D eigenvalue weighted by atomic mass is 10.2. The molecule has 1 aromatic carbocycles. The fourth-order valence-electron chi connectivity index (χ4n) is 3.28. The van der Waals surface area contributed by atoms with E-state index in [9.17, 15) is 4.79 Å². The second-order valence-electron chi connectivity index (χ2n) is 7.12. The Morgan fingerprint density at radius 3 is 2.87 bits per heavy atom. The van der Waals surface area contributed by atoms with Crippen LogP contribution >= 0.6 is 11.8 Å². The normalized spacial score (nSPS) is 13.5. The number of benzene rings is 1. The number of anilines is 1. The predicted octanol–water partition coefficient (Wildman–Crippen LogP) is 3.28. The van der Waals surface area contributed by atoms with E-state index in [1.807, 2.05) is 52.6 Å². The molecule has 11 heteroatoms. The Morgan fingerprint density at radius 2 is 2.10 bits per heavy atom. The maximum Gasteiger partial charge on any atom is 0.234 e. The van der Waals surface area contributed by atoms with Gasteiger partial charge in [0.1, 0.15) is 0 Å². The number of rotatable bonds is 8. The van der Waals surface area contributed by atoms with E-state index >= 15 is 0 Å². The molecule has 10 nitrogen and oxygen atoms in total. The van der Waals surface area contributed by atoms with Crippen LogP contribution in [0.1, 0.15) is 25.8 Å². The van der Waals surface area contributed by atoms with Crippen LogP contribution in [0.2, 0.25) is 0 Å². The molecule has 5 rings (SSSR count). The van der Waals surface area contributed by atoms with E-state index < -0.39 is 0 Å². The molecule has 0 unspecified atom stereocenters. The number of hydrogen-bond acceptors (Lipinski definition) is 8. The Hall–Kier alpha value is -3.47. The Labute approximate surface area is 182 Å². The lowest BCUT2D eigenvalue weighted by Gasteiger charge is -2.08. The monoisotopic (exact) mass is 436 g/mol. The van der Waals surface area contributed by atoms with Gasteiger partial charge in [-0.05, 0) is 54.5 Å². The molecular weight excluding hydrogens is 416 g/mol. The Kier molecular flexibility index (Phi) is 5.24. The van der Waals surface area contributed by atoms with Crippen molar-refractivity contribution in [2.24, 2.45) is 0 Å². The molecule has 1 N–H and O–H groups in total. The molecule has 3 heterocycles. The lowest BCUT2D eigenvalue weighted by Crippen LogP contribution is -2.14. The van der Waals surface area contributed by atoms with Gasteiger partial charge in [-0.25, -0.2) is 4.68 Å². The molecular formula is C20H20N8O2S. The number of carbonyl (C=O) groups is 1. The number of furan rings is 1. The molecule has 0 bridgehead atoms. The summed E-state index contributed by atoms with van der Waals surface area (Å²) in [5, 5.41) is 24.1. The summed E-state index contributed by atoms with van der Waals surface area (Å²) < 4.78 is 9.20. The van der Waals surface area contributed by atoms with Crippen LogP contribution in [0.15, 0.2) is 52.2 Å². The quantitative estimate of drug-likeness (QED) is 0.418. The van der Waals surface area contributed by atoms with Gasteiger partial charge < -0.3 is 9.73 Å². The minimum absolute atomic E-state index is 0.130. The largest absolute Gasteiger partial charge is 0.461 e. The Morgan fingerprint density at radius 1 is 1.19 bits per heavy atom. The number of hydrogen-bond donors (Lipinski definition) is 1. The molecule has 1 aliphatic carbocycles. The predicted molar refractivity (Wildman–Crippen MR) is 114 cm³/mol. The van der Waals surface area contributed by atoms with Gasteiger partial charge in [0.25, 0.3) is 0 Å². The van der Waals surface area contributed by atoms with Gasteiger partial charge in [-0.15, -0.1) is 15.3 Å². The van der Waals surface area contributed by atoms with Crippen molar-refractivity contribution in [1.29, 1.82) is 0 Å². The third-order valence-corrected chi connectivity index (χ3v) is 5.86. The smallest absolute Gasteiger partial charge is 0.234 e. The molecule has 0 saturated heterocycles. The van der Waals surface area contributed by atoms with Crippen molar-refractivity contribution in [3.8, 4) is 23.0 Å². The number of carbonyl (C=O) groups excluding carboxylic acids is 1. The summed E-state index contributed by atoms with van der Waals surface area (Å²) in [5.41, 5.74) is 1.57. The average Bonchev–Trinajstić information content (AvgIpc) is 3.19. The van der Waals surface area contributed by atoms with Crippen molar-refractivity contribution in [1.82, 2.24) is 35.0 Å². The van der Waals surface area contributed by atoms with Crippen LogP contribution in [0.5, 0.6) is 0 Å². The summed E-state index contributed by atoms with van der Waals surface area (Å²) in [6.07, 6.45) is 3.78. The van der Waals surface area contributed by atoms with Crippen molar-refractivity contribution in [2.75, 3.05) is 11.1 Å². The van der Waals surface area contributed by atoms with E-state index in [-0.39, 0.29) is 11.7 Å². The summed E-state index contributed by atoms with van der Waals surface area (Å²) in [6.45, 7) is 2.67. The topological polar surface area (TPSA) is 117 Å². The van der Waals surface area contributed by atoms with Gasteiger partial charge in [0, 0.05) is 17.8 Å². The second kappa shape index (κ2) is 8.34. The molecule has 0 spiro atoms. The Balaban J connectivity index is 1.25. The zero-order valence-electron chi connectivity index (χ0n) is 16.8. The number of aromatic nitrogens is 7. The standard InChI is InChI=1S/C20H20N8O2S/c1-2-27-19(16-7-4-10-30-16)22-24-20(27)31-12-17(29)21-14-6-3-5-13(11-14)18-23-25-26-28(18)15-8-9-15/h3-7,10-11,15H,2,8-9,12H2,1H3,(H,21,29). The van der Waals surface area contributed by atoms with Crippen molar-refractivity contribution in [3.05, 3.63) is 42.7 Å². The van der Waals surface area contributed by atoms with Crippen LogP contribution in [-0.2, 0) is 11.3 Å². The molecule has 1 fully saturated rings. The molecule has 0 atom stereocenters. The van der Waals surface area contributed by atoms with Crippen molar-refractivity contribution < 1.29 is 9.21 Å². The van der Waals surface area contributed by atoms with Crippen molar-refractivity contribution >= 4 is 23.4 Å². The minimum Gasteiger partial charge on any atom is -0.461 e. The van der Waals surface area contributed by atoms with Crippen LogP contribution < -0.4 is 5.32 Å². The molecule has 1 saturated carbocycles. The van der Waals surface area contributed by atoms with Gasteiger partial charge in [-0.3, -0.25) is 9.36 Å². The summed E-state index contributed by atoms with van der Waals surface area (Å²) in [4.78, 5) is 12.6. The van der Waals surface area contributed by atoms with E-state index in [1.165, 1.54) is 11.8 Å². The van der Waals surface area contributed by atoms with E-state index in [2.05, 4.69) is 31.0 Å². The summed E-state index contributed by atoms with van der Waals surface area (Å²) in [5.74, 6) is 2.09. The van der Waals surface area contributed by atoms with Gasteiger partial charge >= 0.3 is 0 Å². The number of thioether (sulfide) groups is 1. The van der Waals surface area contributed by atoms with E-state index in [1.54, 1.807) is 6.26 Å². The van der Waals surface area contributed by atoms with Crippen LogP contribution in [0.3, 0.4) is 0 Å². The first kappa shape index (κ1) is 19.5. The fraction of sp³-hybridized carbons (Fsp3) is 0.300. The SMILES string of the molecule is CCn1c(SCC(=O)Nc2cccc(-c3nnnn3C3CC3)c2)nnc1-c1ccco1. The first-order valence-electron chi connectivity index (χ1n) is 10.0. The van der Waals surface area contributed by atoms with Crippen molar-refractivity contribution in [2.45, 2.75) is 37.5 Å². The molecule has 3 aromatic heterocycles. The molecule has 1 aliphatic rings. The van der Waals surface area contributed by atoms with E-state index in [0.29, 0.717) is 35.0 Å². The van der Waals surface area contributed by atoms with E-state index in [0.717, 1.165) is 24.2 Å². The van der Waals surface area contributed by atoms with Crippen LogP contribution in [0.4, 0.5) is 5.69 Å². The van der Waals surface area contributed by atoms with Crippen molar-refractivity contribution in [3.63, 3.8) is 0 Å². The highest BCUT2D eigenvalue weighted by molar-refractivity contribution is 7.99. The minimum atomic E-state index is -0.130. The molecule has 1 amide bonds. The van der Waals surface area contributed by atoms with Gasteiger partial charge in [-0.1, -0.05) is 23.9 Å². The first-order valence-corrected chi connectivity index (χ1v) is 11.0. The maximum atomic E-state index is 12.6. The number of nitrogens with zero attached hydrogens (tertiary/aromatic N) is 7.